The van der Waals surface area contributed by atoms with Gasteiger partial charge in [0.15, 0.2) is 0 Å². The summed E-state index contributed by atoms with van der Waals surface area (Å²) in [6.45, 7) is 4.83. The van der Waals surface area contributed by atoms with Gasteiger partial charge in [-0.15, -0.1) is 0 Å². The lowest BCUT2D eigenvalue weighted by Crippen LogP contribution is -1.97. The lowest BCUT2D eigenvalue weighted by atomic mass is 10.0. The molecule has 2 nitrogen and oxygen atoms in total. The predicted molar refractivity (Wildman–Crippen MR) is 101 cm³/mol. The molecule has 2 aromatic rings. The van der Waals surface area contributed by atoms with Gasteiger partial charge in [-0.25, -0.2) is 0 Å². The SMILES string of the molecule is CCCCCCCCOc1ccc(-c2ccc(C(C)O)cc2)cc1. The van der Waals surface area contributed by atoms with E-state index in [0.717, 1.165) is 29.9 Å². The first-order chi connectivity index (χ1) is 11.7. The molecule has 0 aliphatic carbocycles. The van der Waals surface area contributed by atoms with Crippen LogP contribution in [0.4, 0.5) is 0 Å². The quantitative estimate of drug-likeness (QED) is 0.531. The molecule has 0 amide bonds. The van der Waals surface area contributed by atoms with Gasteiger partial charge in [-0.2, -0.15) is 0 Å². The van der Waals surface area contributed by atoms with E-state index in [1.54, 1.807) is 6.92 Å². The van der Waals surface area contributed by atoms with Crippen LogP contribution in [0.15, 0.2) is 48.5 Å². The zero-order valence-electron chi connectivity index (χ0n) is 15.0. The monoisotopic (exact) mass is 326 g/mol. The summed E-state index contributed by atoms with van der Waals surface area (Å²) in [7, 11) is 0. The molecule has 0 bridgehead atoms. The van der Waals surface area contributed by atoms with Crippen molar-refractivity contribution in [1.82, 2.24) is 0 Å². The van der Waals surface area contributed by atoms with E-state index in [9.17, 15) is 5.11 Å². The molecule has 24 heavy (non-hydrogen) atoms. The van der Waals surface area contributed by atoms with Crippen molar-refractivity contribution >= 4 is 0 Å². The highest BCUT2D eigenvalue weighted by molar-refractivity contribution is 5.64. The van der Waals surface area contributed by atoms with Crippen molar-refractivity contribution in [1.29, 1.82) is 0 Å². The Morgan fingerprint density at radius 2 is 1.33 bits per heavy atom. The molecule has 2 rings (SSSR count). The summed E-state index contributed by atoms with van der Waals surface area (Å²) in [6.07, 6.45) is 7.28. The van der Waals surface area contributed by atoms with Gasteiger partial charge in [-0.05, 0) is 42.2 Å². The fraction of sp³-hybridized carbons (Fsp3) is 0.455. The molecule has 2 aromatic carbocycles. The second-order valence-electron chi connectivity index (χ2n) is 6.44. The van der Waals surface area contributed by atoms with E-state index < -0.39 is 6.10 Å². The van der Waals surface area contributed by atoms with Crippen LogP contribution >= 0.6 is 0 Å². The number of aliphatic hydroxyl groups is 1. The Balaban J connectivity index is 1.78. The standard InChI is InChI=1S/C22H30O2/c1-3-4-5-6-7-8-17-24-22-15-13-21(14-16-22)20-11-9-19(10-12-20)18(2)23/h9-16,18,23H,3-8,17H2,1-2H3. The lowest BCUT2D eigenvalue weighted by molar-refractivity contribution is 0.199. The molecular weight excluding hydrogens is 296 g/mol. The van der Waals surface area contributed by atoms with E-state index in [1.165, 1.54) is 37.7 Å². The minimum atomic E-state index is -0.420. The highest BCUT2D eigenvalue weighted by Crippen LogP contribution is 2.24. The fourth-order valence-electron chi connectivity index (χ4n) is 2.77. The Morgan fingerprint density at radius 3 is 1.92 bits per heavy atom. The maximum absolute atomic E-state index is 9.57. The number of unbranched alkanes of at least 4 members (excludes halogenated alkanes) is 5. The van der Waals surface area contributed by atoms with E-state index in [-0.39, 0.29) is 0 Å². The summed E-state index contributed by atoms with van der Waals surface area (Å²) in [5.41, 5.74) is 3.26. The summed E-state index contributed by atoms with van der Waals surface area (Å²) >= 11 is 0. The topological polar surface area (TPSA) is 29.5 Å². The molecule has 0 aliphatic rings. The van der Waals surface area contributed by atoms with Crippen molar-refractivity contribution in [3.8, 4) is 16.9 Å². The van der Waals surface area contributed by atoms with E-state index in [0.29, 0.717) is 0 Å². The minimum absolute atomic E-state index is 0.420. The van der Waals surface area contributed by atoms with Gasteiger partial charge in [0.1, 0.15) is 5.75 Å². The van der Waals surface area contributed by atoms with Crippen molar-refractivity contribution in [2.75, 3.05) is 6.61 Å². The van der Waals surface area contributed by atoms with Crippen LogP contribution < -0.4 is 4.74 Å². The van der Waals surface area contributed by atoms with Gasteiger partial charge in [0, 0.05) is 0 Å². The summed E-state index contributed by atoms with van der Waals surface area (Å²) < 4.78 is 5.82. The number of rotatable bonds is 10. The molecule has 0 saturated carbocycles. The second kappa shape index (κ2) is 10.1. The van der Waals surface area contributed by atoms with E-state index in [1.807, 2.05) is 36.4 Å². The van der Waals surface area contributed by atoms with Crippen LogP contribution in [0.1, 0.15) is 64.0 Å². The number of ether oxygens (including phenoxy) is 1. The van der Waals surface area contributed by atoms with E-state index >= 15 is 0 Å². The van der Waals surface area contributed by atoms with Crippen molar-refractivity contribution in [3.05, 3.63) is 54.1 Å². The molecule has 0 spiro atoms. The Hall–Kier alpha value is -1.80. The van der Waals surface area contributed by atoms with Gasteiger partial charge < -0.3 is 9.84 Å². The number of hydrogen-bond acceptors (Lipinski definition) is 2. The number of aliphatic hydroxyl groups excluding tert-OH is 1. The first-order valence-electron chi connectivity index (χ1n) is 9.22. The molecule has 0 aliphatic heterocycles. The van der Waals surface area contributed by atoms with Crippen molar-refractivity contribution in [2.24, 2.45) is 0 Å². The zero-order valence-corrected chi connectivity index (χ0v) is 15.0. The highest BCUT2D eigenvalue weighted by atomic mass is 16.5. The van der Waals surface area contributed by atoms with Crippen LogP contribution in [0.3, 0.4) is 0 Å². The van der Waals surface area contributed by atoms with Crippen molar-refractivity contribution in [2.45, 2.75) is 58.5 Å². The van der Waals surface area contributed by atoms with Gasteiger partial charge >= 0.3 is 0 Å². The Bertz CT molecular complexity index is 570. The molecule has 1 N–H and O–H groups in total. The third-order valence-electron chi connectivity index (χ3n) is 4.35. The molecule has 0 aromatic heterocycles. The maximum atomic E-state index is 9.57. The summed E-state index contributed by atoms with van der Waals surface area (Å²) in [5.74, 6) is 0.938. The van der Waals surface area contributed by atoms with Crippen molar-refractivity contribution in [3.63, 3.8) is 0 Å². The first-order valence-corrected chi connectivity index (χ1v) is 9.22. The van der Waals surface area contributed by atoms with E-state index in [4.69, 9.17) is 4.74 Å². The Kier molecular flexibility index (Phi) is 7.84. The van der Waals surface area contributed by atoms with Crippen LogP contribution in [-0.4, -0.2) is 11.7 Å². The normalized spacial score (nSPS) is 12.1. The molecule has 1 atom stereocenters. The van der Waals surface area contributed by atoms with Crippen LogP contribution in [0.2, 0.25) is 0 Å². The largest absolute Gasteiger partial charge is 0.494 e. The molecule has 0 fully saturated rings. The Labute approximate surface area is 146 Å². The number of benzene rings is 2. The smallest absolute Gasteiger partial charge is 0.119 e. The van der Waals surface area contributed by atoms with Gasteiger partial charge in [-0.1, -0.05) is 75.4 Å². The van der Waals surface area contributed by atoms with Crippen LogP contribution in [0.5, 0.6) is 5.75 Å². The average molecular weight is 326 g/mol. The highest BCUT2D eigenvalue weighted by Gasteiger charge is 2.02. The van der Waals surface area contributed by atoms with Gasteiger partial charge in [-0.3, -0.25) is 0 Å². The summed E-state index contributed by atoms with van der Waals surface area (Å²) in [6, 6.07) is 16.3. The van der Waals surface area contributed by atoms with Gasteiger partial charge in [0.25, 0.3) is 0 Å². The van der Waals surface area contributed by atoms with Gasteiger partial charge in [0.05, 0.1) is 12.7 Å². The number of hydrogen-bond donors (Lipinski definition) is 1. The fourth-order valence-corrected chi connectivity index (χ4v) is 2.77. The molecule has 0 radical (unpaired) electrons. The van der Waals surface area contributed by atoms with Crippen LogP contribution in [0, 0.1) is 0 Å². The average Bonchev–Trinajstić information content (AvgIpc) is 2.61. The molecule has 130 valence electrons. The Morgan fingerprint density at radius 1 is 0.792 bits per heavy atom. The summed E-state index contributed by atoms with van der Waals surface area (Å²) in [4.78, 5) is 0. The second-order valence-corrected chi connectivity index (χ2v) is 6.44. The predicted octanol–water partition coefficient (Wildman–Crippen LogP) is 6.15. The molecule has 2 heteroatoms. The molecular formula is C22H30O2. The maximum Gasteiger partial charge on any atom is 0.119 e. The van der Waals surface area contributed by atoms with Crippen LogP contribution in [0.25, 0.3) is 11.1 Å². The zero-order chi connectivity index (χ0) is 17.2. The third kappa shape index (κ3) is 6.01. The van der Waals surface area contributed by atoms with Crippen LogP contribution in [-0.2, 0) is 0 Å². The van der Waals surface area contributed by atoms with Gasteiger partial charge in [0.2, 0.25) is 0 Å². The summed E-state index contributed by atoms with van der Waals surface area (Å²) in [5, 5.41) is 9.57. The molecule has 0 saturated heterocycles. The lowest BCUT2D eigenvalue weighted by Gasteiger charge is -2.09. The molecule has 0 heterocycles. The van der Waals surface area contributed by atoms with E-state index in [2.05, 4.69) is 19.1 Å². The van der Waals surface area contributed by atoms with Crippen molar-refractivity contribution < 1.29 is 9.84 Å². The molecule has 1 unspecified atom stereocenters. The first kappa shape index (κ1) is 18.5. The third-order valence-corrected chi connectivity index (χ3v) is 4.35. The minimum Gasteiger partial charge on any atom is -0.494 e.